The molecular weight excluding hydrogens is 270 g/mol. The molecule has 1 N–H and O–H groups in total. The summed E-state index contributed by atoms with van der Waals surface area (Å²) in [6.07, 6.45) is 3.85. The van der Waals surface area contributed by atoms with Crippen molar-refractivity contribution < 1.29 is 9.59 Å². The molecule has 1 atom stereocenters. The maximum absolute atomic E-state index is 12.4. The molecule has 0 bridgehead atoms. The van der Waals surface area contributed by atoms with Gasteiger partial charge in [-0.05, 0) is 60.5 Å². The Morgan fingerprint density at radius 2 is 2.05 bits per heavy atom. The van der Waals surface area contributed by atoms with Gasteiger partial charge in [0.2, 0.25) is 5.91 Å². The lowest BCUT2D eigenvalue weighted by Gasteiger charge is -2.21. The molecule has 4 heteroatoms. The van der Waals surface area contributed by atoms with E-state index in [2.05, 4.69) is 16.8 Å². The van der Waals surface area contributed by atoms with E-state index >= 15 is 0 Å². The number of thiophene rings is 1. The molecule has 1 aromatic carbocycles. The summed E-state index contributed by atoms with van der Waals surface area (Å²) in [5.41, 5.74) is 2.53. The molecule has 0 spiro atoms. The lowest BCUT2D eigenvalue weighted by atomic mass is 9.87. The van der Waals surface area contributed by atoms with E-state index in [1.165, 1.54) is 10.4 Å². The van der Waals surface area contributed by atoms with Crippen LogP contribution in [-0.4, -0.2) is 12.2 Å². The van der Waals surface area contributed by atoms with Crippen molar-refractivity contribution in [1.82, 2.24) is 0 Å². The molecule has 3 nitrogen and oxygen atoms in total. The van der Waals surface area contributed by atoms with Gasteiger partial charge in [-0.3, -0.25) is 9.59 Å². The fourth-order valence-electron chi connectivity index (χ4n) is 2.63. The minimum Gasteiger partial charge on any atom is -0.326 e. The van der Waals surface area contributed by atoms with Crippen molar-refractivity contribution in [3.63, 3.8) is 0 Å². The highest BCUT2D eigenvalue weighted by molar-refractivity contribution is 7.10. The lowest BCUT2D eigenvalue weighted by Crippen LogP contribution is -2.23. The SMILES string of the molecule is O=Cc1ccc(NC(=O)C2CCCc3sccc32)cc1. The molecule has 102 valence electrons. The van der Waals surface area contributed by atoms with Crippen molar-refractivity contribution in [1.29, 1.82) is 0 Å². The van der Waals surface area contributed by atoms with Crippen molar-refractivity contribution in [2.75, 3.05) is 5.32 Å². The third-order valence-corrected chi connectivity index (χ3v) is 4.68. The summed E-state index contributed by atoms with van der Waals surface area (Å²) in [6.45, 7) is 0. The molecule has 2 aromatic rings. The number of fused-ring (bicyclic) bond motifs is 1. The Labute approximate surface area is 121 Å². The van der Waals surface area contributed by atoms with Gasteiger partial charge in [-0.1, -0.05) is 0 Å². The van der Waals surface area contributed by atoms with E-state index in [1.54, 1.807) is 35.6 Å². The predicted octanol–water partition coefficient (Wildman–Crippen LogP) is 3.62. The number of anilines is 1. The Balaban J connectivity index is 1.75. The van der Waals surface area contributed by atoms with Gasteiger partial charge in [0, 0.05) is 16.1 Å². The van der Waals surface area contributed by atoms with Gasteiger partial charge in [0.15, 0.2) is 0 Å². The highest BCUT2D eigenvalue weighted by Gasteiger charge is 2.27. The quantitative estimate of drug-likeness (QED) is 0.875. The Morgan fingerprint density at radius 3 is 2.80 bits per heavy atom. The maximum Gasteiger partial charge on any atom is 0.231 e. The Kier molecular flexibility index (Phi) is 3.65. The van der Waals surface area contributed by atoms with Crippen molar-refractivity contribution >= 4 is 29.2 Å². The van der Waals surface area contributed by atoms with Gasteiger partial charge in [-0.2, -0.15) is 0 Å². The Hall–Kier alpha value is -1.94. The minimum atomic E-state index is -0.0456. The Bertz CT molecular complexity index is 630. The monoisotopic (exact) mass is 285 g/mol. The first kappa shape index (κ1) is 13.1. The number of aryl methyl sites for hydroxylation is 1. The standard InChI is InChI=1S/C16H15NO2S/c18-10-11-4-6-12(7-5-11)17-16(19)14-2-1-3-15-13(14)8-9-20-15/h4-10,14H,1-3H2,(H,17,19). The number of benzene rings is 1. The zero-order valence-corrected chi connectivity index (χ0v) is 11.8. The van der Waals surface area contributed by atoms with Crippen LogP contribution in [0.2, 0.25) is 0 Å². The summed E-state index contributed by atoms with van der Waals surface area (Å²) in [7, 11) is 0. The smallest absolute Gasteiger partial charge is 0.231 e. The van der Waals surface area contributed by atoms with Gasteiger partial charge in [0.25, 0.3) is 0 Å². The van der Waals surface area contributed by atoms with Crippen molar-refractivity contribution in [2.24, 2.45) is 0 Å². The van der Waals surface area contributed by atoms with Crippen LogP contribution in [0.4, 0.5) is 5.69 Å². The number of aldehydes is 1. The summed E-state index contributed by atoms with van der Waals surface area (Å²) in [5.74, 6) is -0.000972. The van der Waals surface area contributed by atoms with E-state index < -0.39 is 0 Å². The number of hydrogen-bond acceptors (Lipinski definition) is 3. The van der Waals surface area contributed by atoms with E-state index in [0.717, 1.165) is 31.2 Å². The van der Waals surface area contributed by atoms with Crippen LogP contribution in [0.25, 0.3) is 0 Å². The van der Waals surface area contributed by atoms with E-state index in [9.17, 15) is 9.59 Å². The van der Waals surface area contributed by atoms with E-state index in [1.807, 2.05) is 0 Å². The summed E-state index contributed by atoms with van der Waals surface area (Å²) >= 11 is 1.74. The number of hydrogen-bond donors (Lipinski definition) is 1. The normalized spacial score (nSPS) is 17.3. The molecule has 1 aliphatic rings. The van der Waals surface area contributed by atoms with Crippen molar-refractivity contribution in [2.45, 2.75) is 25.2 Å². The minimum absolute atomic E-state index is 0.0446. The number of carbonyl (C=O) groups is 2. The maximum atomic E-state index is 12.4. The van der Waals surface area contributed by atoms with Crippen LogP contribution in [0.3, 0.4) is 0 Å². The molecule has 1 amide bonds. The highest BCUT2D eigenvalue weighted by Crippen LogP contribution is 2.35. The van der Waals surface area contributed by atoms with Gasteiger partial charge in [-0.25, -0.2) is 0 Å². The molecule has 0 radical (unpaired) electrons. The van der Waals surface area contributed by atoms with E-state index in [-0.39, 0.29) is 11.8 Å². The molecule has 1 unspecified atom stereocenters. The molecule has 1 aliphatic carbocycles. The van der Waals surface area contributed by atoms with Gasteiger partial charge in [0.1, 0.15) is 6.29 Å². The fraction of sp³-hybridized carbons (Fsp3) is 0.250. The average molecular weight is 285 g/mol. The molecule has 0 saturated heterocycles. The molecule has 0 aliphatic heterocycles. The molecule has 0 saturated carbocycles. The first-order valence-electron chi connectivity index (χ1n) is 6.70. The molecule has 1 aromatic heterocycles. The topological polar surface area (TPSA) is 46.2 Å². The Morgan fingerprint density at radius 1 is 1.25 bits per heavy atom. The van der Waals surface area contributed by atoms with Gasteiger partial charge >= 0.3 is 0 Å². The number of carbonyl (C=O) groups excluding carboxylic acids is 2. The second kappa shape index (κ2) is 5.59. The van der Waals surface area contributed by atoms with E-state index in [0.29, 0.717) is 5.56 Å². The van der Waals surface area contributed by atoms with Crippen LogP contribution in [0, 0.1) is 0 Å². The number of nitrogens with one attached hydrogen (secondary N) is 1. The third kappa shape index (κ3) is 2.51. The van der Waals surface area contributed by atoms with Gasteiger partial charge in [0.05, 0.1) is 5.92 Å². The predicted molar refractivity (Wildman–Crippen MR) is 80.5 cm³/mol. The van der Waals surface area contributed by atoms with Crippen LogP contribution in [0.5, 0.6) is 0 Å². The zero-order valence-electron chi connectivity index (χ0n) is 11.0. The summed E-state index contributed by atoms with van der Waals surface area (Å²) in [4.78, 5) is 24.4. The van der Waals surface area contributed by atoms with Gasteiger partial charge < -0.3 is 5.32 Å². The van der Waals surface area contributed by atoms with Crippen molar-refractivity contribution in [3.8, 4) is 0 Å². The lowest BCUT2D eigenvalue weighted by molar-refractivity contribution is -0.117. The average Bonchev–Trinajstić information content (AvgIpc) is 2.96. The summed E-state index contributed by atoms with van der Waals surface area (Å²) < 4.78 is 0. The van der Waals surface area contributed by atoms with Crippen molar-refractivity contribution in [3.05, 3.63) is 51.7 Å². The van der Waals surface area contributed by atoms with Crippen LogP contribution in [0.1, 0.15) is 39.6 Å². The molecular formula is C16H15NO2S. The second-order valence-electron chi connectivity index (χ2n) is 4.97. The molecule has 20 heavy (non-hydrogen) atoms. The van der Waals surface area contributed by atoms with Crippen LogP contribution in [0.15, 0.2) is 35.7 Å². The van der Waals surface area contributed by atoms with Gasteiger partial charge in [-0.15, -0.1) is 11.3 Å². The molecule has 3 rings (SSSR count). The molecule has 1 heterocycles. The van der Waals surface area contributed by atoms with Crippen LogP contribution >= 0.6 is 11.3 Å². The summed E-state index contributed by atoms with van der Waals surface area (Å²) in [6, 6.07) is 9.01. The first-order chi connectivity index (χ1) is 9.78. The fourth-order valence-corrected chi connectivity index (χ4v) is 3.62. The first-order valence-corrected chi connectivity index (χ1v) is 7.58. The number of rotatable bonds is 3. The zero-order chi connectivity index (χ0) is 13.9. The molecule has 0 fully saturated rings. The summed E-state index contributed by atoms with van der Waals surface area (Å²) in [5, 5.41) is 5.01. The number of amides is 1. The van der Waals surface area contributed by atoms with Crippen LogP contribution in [-0.2, 0) is 11.2 Å². The van der Waals surface area contributed by atoms with Crippen LogP contribution < -0.4 is 5.32 Å². The third-order valence-electron chi connectivity index (χ3n) is 3.68. The second-order valence-corrected chi connectivity index (χ2v) is 5.97. The van der Waals surface area contributed by atoms with E-state index in [4.69, 9.17) is 0 Å². The largest absolute Gasteiger partial charge is 0.326 e. The highest BCUT2D eigenvalue weighted by atomic mass is 32.1.